The summed E-state index contributed by atoms with van der Waals surface area (Å²) in [5, 5.41) is 31.2. The summed E-state index contributed by atoms with van der Waals surface area (Å²) in [5.41, 5.74) is 5.75. The molecule has 12 heteroatoms. The van der Waals surface area contributed by atoms with E-state index in [0.29, 0.717) is 0 Å². The topological polar surface area (TPSA) is 221 Å². The molecule has 0 unspecified atom stereocenters. The molecule has 0 spiro atoms. The third-order valence-electron chi connectivity index (χ3n) is 0. The van der Waals surface area contributed by atoms with Crippen molar-refractivity contribution < 1.29 is 57.6 Å². The number of nitrogens with zero attached hydrogens (tertiary/aromatic N) is 6. The van der Waals surface area contributed by atoms with Crippen molar-refractivity contribution in [2.45, 2.75) is 0 Å². The molecule has 0 amide bonds. The van der Waals surface area contributed by atoms with Gasteiger partial charge in [-0.1, -0.05) is 0 Å². The maximum absolute atomic E-state index is 7.25. The zero-order valence-electron chi connectivity index (χ0n) is 8.95. The van der Waals surface area contributed by atoms with Crippen molar-refractivity contribution in [3.8, 4) is 0 Å². The first kappa shape index (κ1) is 131. The summed E-state index contributed by atoms with van der Waals surface area (Å²) in [6.45, 7) is 23.8. The maximum Gasteiger partial charge on any atom is 5.00 e. The van der Waals surface area contributed by atoms with Crippen molar-refractivity contribution in [2.75, 3.05) is 0 Å². The van der Waals surface area contributed by atoms with Gasteiger partial charge in [0.2, 0.25) is 0 Å². The van der Waals surface area contributed by atoms with Gasteiger partial charge >= 0.3 is 46.6 Å². The predicted molar refractivity (Wildman–Crippen MR) is 44.5 cm³/mol. The molecule has 0 saturated carbocycles. The molecular weight excluding hydrogens is 294 g/mol. The van der Waals surface area contributed by atoms with Crippen molar-refractivity contribution in [2.24, 2.45) is 0 Å². The monoisotopic (exact) mass is 298 g/mol. The van der Waals surface area contributed by atoms with Crippen molar-refractivity contribution in [1.82, 2.24) is 0 Å². The first-order chi connectivity index (χ1) is 6.00. The largest absolute Gasteiger partial charge is 5.00 e. The standard InChI is InChI=1S/5CN.Fe.NO.2Na.2H2O/c5*1-2;;1-2;;;;/h;;;;;;;;;2*1H2/q5*-1;+5;-1;;+1;;. The van der Waals surface area contributed by atoms with Gasteiger partial charge in [0.25, 0.3) is 0 Å². The van der Waals surface area contributed by atoms with E-state index in [-0.39, 0.29) is 87.1 Å². The summed E-state index contributed by atoms with van der Waals surface area (Å²) < 4.78 is 0. The zero-order valence-corrected chi connectivity index (χ0v) is 14.0. The third-order valence-corrected chi connectivity index (χ3v) is 0. The van der Waals surface area contributed by atoms with Crippen LogP contribution in [-0.4, -0.2) is 40.5 Å². The van der Waals surface area contributed by atoms with E-state index < -0.39 is 0 Å². The Kier molecular flexibility index (Phi) is 96400. The van der Waals surface area contributed by atoms with E-state index in [4.69, 9.17) is 69.7 Å². The van der Waals surface area contributed by atoms with Crippen LogP contribution in [0.5, 0.6) is 0 Å². The van der Waals surface area contributed by atoms with Gasteiger partial charge in [-0.3, -0.25) is 0 Å². The fourth-order valence-electron chi connectivity index (χ4n) is 0. The summed E-state index contributed by atoms with van der Waals surface area (Å²) in [5.74, 6) is 0. The molecule has 0 aromatic carbocycles. The molecule has 0 aliphatic carbocycles. The quantitative estimate of drug-likeness (QED) is 0.318. The van der Waals surface area contributed by atoms with Crippen LogP contribution < -0.4 is 29.6 Å². The molecule has 0 bridgehead atoms. The van der Waals surface area contributed by atoms with Crippen molar-refractivity contribution >= 4 is 29.6 Å². The van der Waals surface area contributed by atoms with E-state index in [0.717, 1.165) is 0 Å². The molecule has 0 rings (SSSR count). The molecule has 0 heterocycles. The molecule has 0 saturated heterocycles. The summed E-state index contributed by atoms with van der Waals surface area (Å²) in [6, 6.07) is 0. The van der Waals surface area contributed by atoms with Crippen LogP contribution in [-0.2, 0) is 17.1 Å². The van der Waals surface area contributed by atoms with Gasteiger partial charge in [0, 0.05) is 29.6 Å². The van der Waals surface area contributed by atoms with Crippen LogP contribution in [0.3, 0.4) is 0 Å². The van der Waals surface area contributed by atoms with Gasteiger partial charge in [-0.05, 0) is 0 Å². The second-order valence-electron chi connectivity index (χ2n) is 0. The second kappa shape index (κ2) is 12500. The van der Waals surface area contributed by atoms with Crippen LogP contribution in [0, 0.1) is 64.1 Å². The zero-order chi connectivity index (χ0) is 12.0. The Morgan fingerprint density at radius 2 is 0.588 bits per heavy atom. The molecule has 0 aliphatic rings. The molecule has 4 N–H and O–H groups in total. The second-order valence-corrected chi connectivity index (χ2v) is 0. The molecule has 0 fully saturated rings. The Labute approximate surface area is 155 Å². The Bertz CT molecular complexity index is 105. The molecule has 0 aliphatic heterocycles. The van der Waals surface area contributed by atoms with Crippen LogP contribution in [0.4, 0.5) is 0 Å². The number of hydrogen-bond acceptors (Lipinski definition) is 6. The first-order valence-corrected chi connectivity index (χ1v) is 1.30. The summed E-state index contributed by atoms with van der Waals surface area (Å²) in [4.78, 5) is 7.25. The van der Waals surface area contributed by atoms with E-state index in [9.17, 15) is 0 Å². The normalized spacial score (nSPS) is 0.824. The molecule has 0 aromatic heterocycles. The maximum atomic E-state index is 7.25. The van der Waals surface area contributed by atoms with Gasteiger partial charge in [-0.25, -0.2) is 0 Å². The smallest absolute Gasteiger partial charge is 0.577 e. The van der Waals surface area contributed by atoms with E-state index in [1.807, 2.05) is 0 Å². The van der Waals surface area contributed by atoms with Gasteiger partial charge in [-0.2, -0.15) is 0 Å². The third kappa shape index (κ3) is 10800. The molecule has 0 aromatic rings. The van der Waals surface area contributed by atoms with Crippen LogP contribution in [0.25, 0.3) is 5.59 Å². The number of rotatable bonds is 0. The minimum atomic E-state index is 0. The Morgan fingerprint density at radius 1 is 0.588 bits per heavy atom. The Hall–Kier alpha value is -0.511. The van der Waals surface area contributed by atoms with Gasteiger partial charge in [0.15, 0.2) is 0 Å². The van der Waals surface area contributed by atoms with Gasteiger partial charge in [0.1, 0.15) is 0 Å². The van der Waals surface area contributed by atoms with Gasteiger partial charge in [-0.15, -0.1) is 0 Å². The van der Waals surface area contributed by atoms with Crippen LogP contribution in [0.1, 0.15) is 0 Å². The molecule has 17 heavy (non-hydrogen) atoms. The molecular formula is C5H4FeN6Na2O3. The number of hydrogen-bond donors (Lipinski definition) is 0. The minimum Gasteiger partial charge on any atom is -0.577 e. The summed E-state index contributed by atoms with van der Waals surface area (Å²) in [6.07, 6.45) is 0. The summed E-state index contributed by atoms with van der Waals surface area (Å²) >= 11 is 0. The van der Waals surface area contributed by atoms with Crippen LogP contribution in [0.15, 0.2) is 0 Å². The predicted octanol–water partition coefficient (Wildman–Crippen LogP) is -4.22. The molecule has 9 nitrogen and oxygen atoms in total. The summed E-state index contributed by atoms with van der Waals surface area (Å²) in [7, 11) is 0. The number of nitroso groups, excluding NO2 is 1. The van der Waals surface area contributed by atoms with Crippen molar-refractivity contribution in [1.29, 1.82) is 26.3 Å². The SMILES string of the molecule is O.O.[C-]#N.[C-]#N.[C-]#N.[C-]#N.[C-]#N.[Fe+5].[N-]=O.[Na+].[Na]. The van der Waals surface area contributed by atoms with E-state index in [1.54, 1.807) is 0 Å². The average molecular weight is 298 g/mol. The van der Waals surface area contributed by atoms with E-state index in [1.165, 1.54) is 0 Å². The van der Waals surface area contributed by atoms with Crippen molar-refractivity contribution in [3.63, 3.8) is 0 Å². The van der Waals surface area contributed by atoms with Gasteiger partial charge in [0.05, 0.1) is 0 Å². The fourth-order valence-corrected chi connectivity index (χ4v) is 0. The van der Waals surface area contributed by atoms with Crippen LogP contribution >= 0.6 is 0 Å². The minimum absolute atomic E-state index is 0. The molecule has 2 radical (unpaired) electrons. The average Bonchev–Trinajstić information content (AvgIpc) is 2.33. The van der Waals surface area contributed by atoms with Crippen LogP contribution in [0.2, 0.25) is 0 Å². The Balaban J connectivity index is -0.00000000267. The Morgan fingerprint density at radius 3 is 0.588 bits per heavy atom. The fraction of sp³-hybridized carbons (Fsp3) is 0. The van der Waals surface area contributed by atoms with E-state index >= 15 is 0 Å². The first-order valence-electron chi connectivity index (χ1n) is 1.30. The molecule has 82 valence electrons. The van der Waals surface area contributed by atoms with Crippen molar-refractivity contribution in [3.05, 3.63) is 43.4 Å². The van der Waals surface area contributed by atoms with Gasteiger partial charge < -0.3 is 80.6 Å². The van der Waals surface area contributed by atoms with E-state index in [2.05, 4.69) is 0 Å². The molecule has 0 atom stereocenters.